The van der Waals surface area contributed by atoms with Gasteiger partial charge < -0.3 is 10.0 Å². The standard InChI is InChI=1S/C7H13NO2/c1-6(9)8(2)5-7(10)3-4-7/h10H,3-5H2,1-2H3. The number of hydrogen-bond donors (Lipinski definition) is 1. The van der Waals surface area contributed by atoms with E-state index in [-0.39, 0.29) is 5.91 Å². The van der Waals surface area contributed by atoms with Crippen LogP contribution in [0.3, 0.4) is 0 Å². The van der Waals surface area contributed by atoms with Crippen molar-refractivity contribution in [1.29, 1.82) is 0 Å². The van der Waals surface area contributed by atoms with Gasteiger partial charge in [-0.15, -0.1) is 0 Å². The van der Waals surface area contributed by atoms with Crippen LogP contribution in [0.2, 0.25) is 0 Å². The molecular weight excluding hydrogens is 130 g/mol. The summed E-state index contributed by atoms with van der Waals surface area (Å²) in [5, 5.41) is 9.35. The lowest BCUT2D eigenvalue weighted by Crippen LogP contribution is -2.33. The Balaban J connectivity index is 2.31. The fourth-order valence-electron chi connectivity index (χ4n) is 0.855. The molecule has 0 aromatic carbocycles. The highest BCUT2D eigenvalue weighted by Gasteiger charge is 2.41. The maximum atomic E-state index is 10.7. The third-order valence-corrected chi connectivity index (χ3v) is 1.90. The van der Waals surface area contributed by atoms with E-state index in [1.165, 1.54) is 6.92 Å². The van der Waals surface area contributed by atoms with Crippen LogP contribution in [0.15, 0.2) is 0 Å². The van der Waals surface area contributed by atoms with Gasteiger partial charge in [-0.2, -0.15) is 0 Å². The van der Waals surface area contributed by atoms with Gasteiger partial charge in [-0.3, -0.25) is 4.79 Å². The molecule has 3 nitrogen and oxygen atoms in total. The van der Waals surface area contributed by atoms with Crippen LogP contribution >= 0.6 is 0 Å². The van der Waals surface area contributed by atoms with Gasteiger partial charge in [0, 0.05) is 20.5 Å². The predicted octanol–water partition coefficient (Wildman–Crippen LogP) is -0.0104. The molecule has 0 aliphatic heterocycles. The molecule has 1 saturated carbocycles. The molecule has 1 aliphatic carbocycles. The summed E-state index contributed by atoms with van der Waals surface area (Å²) in [7, 11) is 1.71. The second kappa shape index (κ2) is 2.23. The van der Waals surface area contributed by atoms with Gasteiger partial charge in [0.05, 0.1) is 5.60 Å². The second-order valence-corrected chi connectivity index (χ2v) is 3.10. The Kier molecular flexibility index (Phi) is 1.68. The van der Waals surface area contributed by atoms with Crippen LogP contribution in [-0.4, -0.2) is 35.1 Å². The van der Waals surface area contributed by atoms with Crippen molar-refractivity contribution in [3.8, 4) is 0 Å². The summed E-state index contributed by atoms with van der Waals surface area (Å²) in [5.41, 5.74) is -0.541. The van der Waals surface area contributed by atoms with Crippen LogP contribution in [0, 0.1) is 0 Å². The lowest BCUT2D eigenvalue weighted by Gasteiger charge is -2.17. The van der Waals surface area contributed by atoms with Crippen molar-refractivity contribution in [1.82, 2.24) is 4.90 Å². The van der Waals surface area contributed by atoms with Gasteiger partial charge >= 0.3 is 0 Å². The van der Waals surface area contributed by atoms with E-state index < -0.39 is 5.60 Å². The number of likely N-dealkylation sites (N-methyl/N-ethyl adjacent to an activating group) is 1. The van der Waals surface area contributed by atoms with Crippen molar-refractivity contribution in [2.45, 2.75) is 25.4 Å². The minimum absolute atomic E-state index is 0.0142. The first-order valence-electron chi connectivity index (χ1n) is 3.48. The molecule has 0 heterocycles. The van der Waals surface area contributed by atoms with Gasteiger partial charge in [0.15, 0.2) is 0 Å². The monoisotopic (exact) mass is 143 g/mol. The van der Waals surface area contributed by atoms with Gasteiger partial charge in [-0.25, -0.2) is 0 Å². The summed E-state index contributed by atoms with van der Waals surface area (Å²) in [6, 6.07) is 0. The Morgan fingerprint density at radius 2 is 2.20 bits per heavy atom. The zero-order valence-electron chi connectivity index (χ0n) is 6.42. The highest BCUT2D eigenvalue weighted by Crippen LogP contribution is 2.35. The summed E-state index contributed by atoms with van der Waals surface area (Å²) >= 11 is 0. The van der Waals surface area contributed by atoms with E-state index in [1.807, 2.05) is 0 Å². The van der Waals surface area contributed by atoms with E-state index in [0.717, 1.165) is 12.8 Å². The van der Waals surface area contributed by atoms with Crippen LogP contribution in [0.25, 0.3) is 0 Å². The zero-order valence-corrected chi connectivity index (χ0v) is 6.42. The molecule has 0 saturated heterocycles. The molecule has 1 N–H and O–H groups in total. The summed E-state index contributed by atoms with van der Waals surface area (Å²) in [4.78, 5) is 12.2. The first kappa shape index (κ1) is 7.54. The quantitative estimate of drug-likeness (QED) is 0.590. The van der Waals surface area contributed by atoms with Crippen LogP contribution < -0.4 is 0 Å². The third kappa shape index (κ3) is 1.70. The smallest absolute Gasteiger partial charge is 0.219 e. The first-order valence-corrected chi connectivity index (χ1v) is 3.48. The minimum atomic E-state index is -0.541. The largest absolute Gasteiger partial charge is 0.388 e. The number of amides is 1. The molecule has 0 spiro atoms. The SMILES string of the molecule is CC(=O)N(C)CC1(O)CC1. The Morgan fingerprint density at radius 1 is 1.70 bits per heavy atom. The van der Waals surface area contributed by atoms with Crippen molar-refractivity contribution in [2.75, 3.05) is 13.6 Å². The molecule has 0 atom stereocenters. The summed E-state index contributed by atoms with van der Waals surface area (Å²) in [6.45, 7) is 1.99. The zero-order chi connectivity index (χ0) is 7.78. The Morgan fingerprint density at radius 3 is 2.50 bits per heavy atom. The number of nitrogens with zero attached hydrogens (tertiary/aromatic N) is 1. The van der Waals surface area contributed by atoms with E-state index in [4.69, 9.17) is 0 Å². The minimum Gasteiger partial charge on any atom is -0.388 e. The van der Waals surface area contributed by atoms with Gasteiger partial charge in [0.1, 0.15) is 0 Å². The molecule has 10 heavy (non-hydrogen) atoms. The molecule has 0 aromatic heterocycles. The van der Waals surface area contributed by atoms with E-state index in [0.29, 0.717) is 6.54 Å². The molecule has 1 fully saturated rings. The first-order chi connectivity index (χ1) is 4.53. The molecule has 1 amide bonds. The van der Waals surface area contributed by atoms with Crippen molar-refractivity contribution in [2.24, 2.45) is 0 Å². The molecule has 1 aliphatic rings. The topological polar surface area (TPSA) is 40.5 Å². The van der Waals surface area contributed by atoms with Crippen molar-refractivity contribution >= 4 is 5.91 Å². The molecule has 3 heteroatoms. The van der Waals surface area contributed by atoms with Gasteiger partial charge in [-0.1, -0.05) is 0 Å². The Labute approximate surface area is 60.6 Å². The summed E-state index contributed by atoms with van der Waals surface area (Å²) in [5.74, 6) is 0.0142. The van der Waals surface area contributed by atoms with Gasteiger partial charge in [0.25, 0.3) is 0 Å². The van der Waals surface area contributed by atoms with Gasteiger partial charge in [0.2, 0.25) is 5.91 Å². The number of rotatable bonds is 2. The number of hydrogen-bond acceptors (Lipinski definition) is 2. The average molecular weight is 143 g/mol. The fourth-order valence-corrected chi connectivity index (χ4v) is 0.855. The maximum Gasteiger partial charge on any atom is 0.219 e. The highest BCUT2D eigenvalue weighted by molar-refractivity contribution is 5.72. The molecule has 1 rings (SSSR count). The lowest BCUT2D eigenvalue weighted by atomic mass is 10.3. The molecule has 0 bridgehead atoms. The highest BCUT2D eigenvalue weighted by atomic mass is 16.3. The molecule has 0 unspecified atom stereocenters. The second-order valence-electron chi connectivity index (χ2n) is 3.10. The van der Waals surface area contributed by atoms with E-state index in [2.05, 4.69) is 0 Å². The van der Waals surface area contributed by atoms with E-state index in [9.17, 15) is 9.90 Å². The maximum absolute atomic E-state index is 10.7. The van der Waals surface area contributed by atoms with Crippen molar-refractivity contribution in [3.05, 3.63) is 0 Å². The number of carbonyl (C=O) groups is 1. The Hall–Kier alpha value is -0.570. The molecular formula is C7H13NO2. The van der Waals surface area contributed by atoms with Crippen LogP contribution in [-0.2, 0) is 4.79 Å². The van der Waals surface area contributed by atoms with Crippen molar-refractivity contribution in [3.63, 3.8) is 0 Å². The van der Waals surface area contributed by atoms with Crippen LogP contribution in [0.4, 0.5) is 0 Å². The normalized spacial score (nSPS) is 20.3. The predicted molar refractivity (Wildman–Crippen MR) is 37.5 cm³/mol. The third-order valence-electron chi connectivity index (χ3n) is 1.90. The van der Waals surface area contributed by atoms with Crippen molar-refractivity contribution < 1.29 is 9.90 Å². The molecule has 0 aromatic rings. The van der Waals surface area contributed by atoms with Crippen LogP contribution in [0.1, 0.15) is 19.8 Å². The lowest BCUT2D eigenvalue weighted by molar-refractivity contribution is -0.129. The Bertz CT molecular complexity index is 152. The van der Waals surface area contributed by atoms with Crippen LogP contribution in [0.5, 0.6) is 0 Å². The van der Waals surface area contributed by atoms with Gasteiger partial charge in [-0.05, 0) is 12.8 Å². The number of aliphatic hydroxyl groups is 1. The molecule has 58 valence electrons. The van der Waals surface area contributed by atoms with E-state index >= 15 is 0 Å². The number of carbonyl (C=O) groups excluding carboxylic acids is 1. The average Bonchev–Trinajstić information content (AvgIpc) is 2.47. The fraction of sp³-hybridized carbons (Fsp3) is 0.857. The van der Waals surface area contributed by atoms with E-state index in [1.54, 1.807) is 11.9 Å². The summed E-state index contributed by atoms with van der Waals surface area (Å²) < 4.78 is 0. The summed E-state index contributed by atoms with van der Waals surface area (Å²) in [6.07, 6.45) is 1.68. The molecule has 0 radical (unpaired) electrons.